The molecule has 0 saturated heterocycles. The van der Waals surface area contributed by atoms with Crippen LogP contribution in [0.5, 0.6) is 0 Å². The van der Waals surface area contributed by atoms with E-state index < -0.39 is 24.1 Å². The molecular weight excluding hydrogens is 564 g/mol. The normalized spacial score (nSPS) is 13.0. The first-order valence-corrected chi connectivity index (χ1v) is 15.9. The van der Waals surface area contributed by atoms with E-state index in [1.807, 2.05) is 0 Å². The Morgan fingerprint density at radius 3 is 1.69 bits per heavy atom. The molecule has 6 nitrogen and oxygen atoms in total. The fraction of sp³-hybridized carbons (Fsp3) is 0.385. The Balaban J connectivity index is 1.64. The molecule has 3 aromatic rings. The fourth-order valence-corrected chi connectivity index (χ4v) is 4.96. The number of hydrogen-bond acceptors (Lipinski definition) is 6. The highest BCUT2D eigenvalue weighted by molar-refractivity contribution is 5.89. The number of carbonyl (C=O) groups excluding carboxylic acids is 2. The van der Waals surface area contributed by atoms with Crippen LogP contribution in [-0.2, 0) is 31.9 Å². The molecule has 0 aliphatic carbocycles. The number of aliphatic hydroxyl groups is 2. The molecule has 0 amide bonds. The standard InChI is InChI=1S/C39H48O6/c1-7-8-9-10-31-15-19-35(20-16-31)37-22-21-36(23-26(37)2)34-17-13-32(14-18-34)11-12-33(24-44-38(42)27(3)29(5)40)25-45-39(43)28(4)30(6)41/h13-23,29-30,33,40-41H,3-4,7-12,24-25H2,1-2,5-6H3. The molecule has 0 saturated carbocycles. The van der Waals surface area contributed by atoms with Crippen molar-refractivity contribution >= 4 is 11.9 Å². The van der Waals surface area contributed by atoms with Crippen molar-refractivity contribution in [3.63, 3.8) is 0 Å². The minimum Gasteiger partial charge on any atom is -0.462 e. The van der Waals surface area contributed by atoms with Crippen LogP contribution in [0.15, 0.2) is 91.0 Å². The van der Waals surface area contributed by atoms with Gasteiger partial charge in [-0.2, -0.15) is 0 Å². The topological polar surface area (TPSA) is 93.1 Å². The monoisotopic (exact) mass is 612 g/mol. The van der Waals surface area contributed by atoms with Crippen LogP contribution >= 0.6 is 0 Å². The van der Waals surface area contributed by atoms with Gasteiger partial charge in [-0.25, -0.2) is 9.59 Å². The van der Waals surface area contributed by atoms with E-state index in [0.717, 1.165) is 23.1 Å². The average molecular weight is 613 g/mol. The van der Waals surface area contributed by atoms with Gasteiger partial charge in [0, 0.05) is 5.92 Å². The minimum absolute atomic E-state index is 0.00962. The molecule has 45 heavy (non-hydrogen) atoms. The summed E-state index contributed by atoms with van der Waals surface area (Å²) in [5.74, 6) is -1.69. The highest BCUT2D eigenvalue weighted by Crippen LogP contribution is 2.29. The largest absolute Gasteiger partial charge is 0.462 e. The van der Waals surface area contributed by atoms with Crippen LogP contribution in [0.2, 0.25) is 0 Å². The predicted octanol–water partition coefficient (Wildman–Crippen LogP) is 7.57. The Kier molecular flexibility index (Phi) is 13.8. The van der Waals surface area contributed by atoms with Crippen molar-refractivity contribution in [1.29, 1.82) is 0 Å². The zero-order valence-corrected chi connectivity index (χ0v) is 27.2. The molecule has 0 aliphatic heterocycles. The maximum absolute atomic E-state index is 12.2. The van der Waals surface area contributed by atoms with Crippen molar-refractivity contribution in [1.82, 2.24) is 0 Å². The average Bonchev–Trinajstić information content (AvgIpc) is 3.04. The summed E-state index contributed by atoms with van der Waals surface area (Å²) in [4.78, 5) is 24.4. The molecule has 2 atom stereocenters. The zero-order valence-electron chi connectivity index (χ0n) is 27.2. The lowest BCUT2D eigenvalue weighted by Crippen LogP contribution is -2.25. The van der Waals surface area contributed by atoms with E-state index in [1.165, 1.54) is 55.4 Å². The van der Waals surface area contributed by atoms with Crippen LogP contribution in [0.25, 0.3) is 22.3 Å². The Bertz CT molecular complexity index is 1400. The molecule has 240 valence electrons. The number of rotatable bonds is 17. The van der Waals surface area contributed by atoms with Crippen LogP contribution in [0.4, 0.5) is 0 Å². The number of hydrogen-bond donors (Lipinski definition) is 2. The van der Waals surface area contributed by atoms with Crippen molar-refractivity contribution in [3.8, 4) is 22.3 Å². The molecular formula is C39H48O6. The lowest BCUT2D eigenvalue weighted by atomic mass is 9.94. The van der Waals surface area contributed by atoms with E-state index in [2.05, 4.69) is 93.7 Å². The molecule has 2 unspecified atom stereocenters. The summed E-state index contributed by atoms with van der Waals surface area (Å²) in [6, 6.07) is 23.9. The maximum Gasteiger partial charge on any atom is 0.336 e. The summed E-state index contributed by atoms with van der Waals surface area (Å²) < 4.78 is 10.7. The molecule has 2 N–H and O–H groups in total. The van der Waals surface area contributed by atoms with Gasteiger partial charge in [-0.15, -0.1) is 0 Å². The molecule has 6 heteroatoms. The Morgan fingerprint density at radius 2 is 1.20 bits per heavy atom. The number of esters is 2. The highest BCUT2D eigenvalue weighted by atomic mass is 16.5. The van der Waals surface area contributed by atoms with E-state index in [-0.39, 0.29) is 30.3 Å². The van der Waals surface area contributed by atoms with Gasteiger partial charge >= 0.3 is 11.9 Å². The second-order valence-corrected chi connectivity index (χ2v) is 11.9. The zero-order chi connectivity index (χ0) is 32.9. The van der Waals surface area contributed by atoms with Crippen LogP contribution in [-0.4, -0.2) is 47.6 Å². The van der Waals surface area contributed by atoms with E-state index in [1.54, 1.807) is 0 Å². The second kappa shape index (κ2) is 17.5. The summed E-state index contributed by atoms with van der Waals surface area (Å²) >= 11 is 0. The first kappa shape index (κ1) is 35.5. The number of unbranched alkanes of at least 4 members (excludes halogenated alkanes) is 2. The smallest absolute Gasteiger partial charge is 0.336 e. The van der Waals surface area contributed by atoms with Gasteiger partial charge in [0.05, 0.1) is 36.6 Å². The Morgan fingerprint density at radius 1 is 0.711 bits per heavy atom. The van der Waals surface area contributed by atoms with Crippen LogP contribution in [0.1, 0.15) is 63.1 Å². The summed E-state index contributed by atoms with van der Waals surface area (Å²) in [6.45, 7) is 14.4. The molecule has 3 aromatic carbocycles. The molecule has 3 rings (SSSR count). The third-order valence-electron chi connectivity index (χ3n) is 8.12. The molecule has 0 fully saturated rings. The van der Waals surface area contributed by atoms with E-state index in [0.29, 0.717) is 12.8 Å². The molecule has 0 aromatic heterocycles. The summed E-state index contributed by atoms with van der Waals surface area (Å²) in [5.41, 5.74) is 8.35. The molecule has 0 bridgehead atoms. The van der Waals surface area contributed by atoms with Crippen LogP contribution in [0.3, 0.4) is 0 Å². The minimum atomic E-state index is -1.02. The van der Waals surface area contributed by atoms with Gasteiger partial charge in [-0.3, -0.25) is 0 Å². The number of aryl methyl sites for hydroxylation is 3. The molecule has 0 spiro atoms. The van der Waals surface area contributed by atoms with Crippen molar-refractivity contribution < 1.29 is 29.3 Å². The Hall–Kier alpha value is -4.00. The second-order valence-electron chi connectivity index (χ2n) is 11.9. The van der Waals surface area contributed by atoms with Gasteiger partial charge in [0.1, 0.15) is 0 Å². The lowest BCUT2D eigenvalue weighted by molar-refractivity contribution is -0.145. The van der Waals surface area contributed by atoms with Gasteiger partial charge in [0.2, 0.25) is 0 Å². The first-order valence-electron chi connectivity index (χ1n) is 15.9. The van der Waals surface area contributed by atoms with Gasteiger partial charge in [0.25, 0.3) is 0 Å². The number of ether oxygens (including phenoxy) is 2. The van der Waals surface area contributed by atoms with E-state index in [9.17, 15) is 19.8 Å². The summed E-state index contributed by atoms with van der Waals surface area (Å²) in [7, 11) is 0. The van der Waals surface area contributed by atoms with Crippen molar-refractivity contribution in [2.24, 2.45) is 5.92 Å². The number of carbonyl (C=O) groups is 2. The van der Waals surface area contributed by atoms with Crippen LogP contribution < -0.4 is 0 Å². The number of aliphatic hydroxyl groups excluding tert-OH is 2. The molecule has 0 radical (unpaired) electrons. The van der Waals surface area contributed by atoms with Crippen molar-refractivity contribution in [2.45, 2.75) is 78.4 Å². The highest BCUT2D eigenvalue weighted by Gasteiger charge is 2.20. The van der Waals surface area contributed by atoms with Gasteiger partial charge < -0.3 is 19.7 Å². The lowest BCUT2D eigenvalue weighted by Gasteiger charge is -2.19. The van der Waals surface area contributed by atoms with Gasteiger partial charge in [-0.05, 0) is 85.4 Å². The van der Waals surface area contributed by atoms with Gasteiger partial charge in [0.15, 0.2) is 0 Å². The SMILES string of the molecule is C=C(C(=O)OCC(CCc1ccc(-c2ccc(-c3ccc(CCCCC)cc3)c(C)c2)cc1)COC(=O)C(=C)C(C)O)C(C)O. The van der Waals surface area contributed by atoms with E-state index in [4.69, 9.17) is 9.47 Å². The fourth-order valence-electron chi connectivity index (χ4n) is 4.96. The first-order chi connectivity index (χ1) is 21.5. The summed E-state index contributed by atoms with van der Waals surface area (Å²) in [5, 5.41) is 19.2. The third-order valence-corrected chi connectivity index (χ3v) is 8.12. The van der Waals surface area contributed by atoms with Gasteiger partial charge in [-0.1, -0.05) is 99.7 Å². The van der Waals surface area contributed by atoms with Crippen LogP contribution in [0, 0.1) is 12.8 Å². The van der Waals surface area contributed by atoms with E-state index >= 15 is 0 Å². The third kappa shape index (κ3) is 10.8. The molecule has 0 aliphatic rings. The van der Waals surface area contributed by atoms with Crippen molar-refractivity contribution in [2.75, 3.05) is 13.2 Å². The number of benzene rings is 3. The predicted molar refractivity (Wildman–Crippen MR) is 181 cm³/mol. The maximum atomic E-state index is 12.2. The molecule has 0 heterocycles. The summed E-state index contributed by atoms with van der Waals surface area (Å²) in [6.07, 6.45) is 4.07. The van der Waals surface area contributed by atoms with Crippen molar-refractivity contribution in [3.05, 3.63) is 108 Å². The Labute approximate surface area is 268 Å². The quantitative estimate of drug-likeness (QED) is 0.0928.